The Balaban J connectivity index is 2.10. The highest BCUT2D eigenvalue weighted by atomic mass is 16.6. The molecule has 19 heavy (non-hydrogen) atoms. The number of hydrogen-bond donors (Lipinski definition) is 1. The van der Waals surface area contributed by atoms with E-state index in [4.69, 9.17) is 10.5 Å². The fourth-order valence-electron chi connectivity index (χ4n) is 2.30. The van der Waals surface area contributed by atoms with Crippen LogP contribution in [-0.2, 0) is 11.3 Å². The average molecular weight is 265 g/mol. The third kappa shape index (κ3) is 3.21. The van der Waals surface area contributed by atoms with E-state index in [9.17, 15) is 10.1 Å². The Morgan fingerprint density at radius 1 is 1.53 bits per heavy atom. The zero-order valence-electron chi connectivity index (χ0n) is 11.2. The first-order chi connectivity index (χ1) is 8.97. The molecule has 2 N–H and O–H groups in total. The molecule has 2 rings (SSSR count). The number of ether oxygens (including phenoxy) is 1. The second-order valence-corrected chi connectivity index (χ2v) is 5.07. The fraction of sp³-hybridized carbons (Fsp3) is 0.538. The lowest BCUT2D eigenvalue weighted by Crippen LogP contribution is -2.46. The Kier molecular flexibility index (Phi) is 4.01. The third-order valence-electron chi connectivity index (χ3n) is 3.41. The van der Waals surface area contributed by atoms with Gasteiger partial charge in [-0.15, -0.1) is 0 Å². The van der Waals surface area contributed by atoms with Gasteiger partial charge in [0.15, 0.2) is 0 Å². The van der Waals surface area contributed by atoms with Gasteiger partial charge in [0.2, 0.25) is 0 Å². The van der Waals surface area contributed by atoms with Gasteiger partial charge >= 0.3 is 0 Å². The van der Waals surface area contributed by atoms with E-state index in [1.54, 1.807) is 12.1 Å². The van der Waals surface area contributed by atoms with Gasteiger partial charge in [0.05, 0.1) is 17.6 Å². The van der Waals surface area contributed by atoms with Crippen LogP contribution in [-0.4, -0.2) is 35.1 Å². The molecule has 0 spiro atoms. The summed E-state index contributed by atoms with van der Waals surface area (Å²) in [4.78, 5) is 12.6. The van der Waals surface area contributed by atoms with Gasteiger partial charge in [-0.25, -0.2) is 0 Å². The normalized spacial score (nSPS) is 24.3. The number of nitrogens with two attached hydrogens (primary N) is 1. The number of nitro groups is 1. The molecule has 1 aliphatic rings. The van der Waals surface area contributed by atoms with Crippen LogP contribution in [0.3, 0.4) is 0 Å². The maximum Gasteiger partial charge on any atom is 0.292 e. The Morgan fingerprint density at radius 2 is 2.26 bits per heavy atom. The quantitative estimate of drug-likeness (QED) is 0.512. The first-order valence-electron chi connectivity index (χ1n) is 6.36. The Hall–Kier alpha value is -1.66. The number of nitro benzene ring substituents is 1. The number of benzene rings is 1. The molecule has 0 aromatic heterocycles. The zero-order chi connectivity index (χ0) is 14.0. The lowest BCUT2D eigenvalue weighted by Gasteiger charge is -2.36. The summed E-state index contributed by atoms with van der Waals surface area (Å²) in [6.07, 6.45) is 0.214. The van der Waals surface area contributed by atoms with Crippen LogP contribution in [0.1, 0.15) is 19.4 Å². The van der Waals surface area contributed by atoms with Crippen LogP contribution in [0.25, 0.3) is 0 Å². The molecule has 2 unspecified atom stereocenters. The summed E-state index contributed by atoms with van der Waals surface area (Å²) in [6, 6.07) is 5.26. The van der Waals surface area contributed by atoms with Crippen LogP contribution in [0.4, 0.5) is 11.4 Å². The van der Waals surface area contributed by atoms with Crippen molar-refractivity contribution in [3.63, 3.8) is 0 Å². The van der Waals surface area contributed by atoms with Crippen molar-refractivity contribution in [2.75, 3.05) is 18.9 Å². The summed E-state index contributed by atoms with van der Waals surface area (Å²) >= 11 is 0. The lowest BCUT2D eigenvalue weighted by molar-refractivity contribution is -0.383. The predicted molar refractivity (Wildman–Crippen MR) is 72.8 cm³/mol. The number of anilines is 1. The molecule has 1 aromatic rings. The smallest absolute Gasteiger partial charge is 0.292 e. The maximum absolute atomic E-state index is 10.7. The molecular formula is C13H19N3O3. The van der Waals surface area contributed by atoms with Gasteiger partial charge in [0.25, 0.3) is 5.69 Å². The van der Waals surface area contributed by atoms with Gasteiger partial charge in [0, 0.05) is 25.2 Å². The lowest BCUT2D eigenvalue weighted by atomic mass is 10.1. The van der Waals surface area contributed by atoms with Gasteiger partial charge in [-0.1, -0.05) is 6.07 Å². The van der Waals surface area contributed by atoms with Crippen molar-refractivity contribution >= 4 is 11.4 Å². The van der Waals surface area contributed by atoms with Crippen molar-refractivity contribution in [3.05, 3.63) is 33.9 Å². The Morgan fingerprint density at radius 3 is 2.89 bits per heavy atom. The van der Waals surface area contributed by atoms with Crippen LogP contribution >= 0.6 is 0 Å². The minimum atomic E-state index is -0.460. The monoisotopic (exact) mass is 265 g/mol. The van der Waals surface area contributed by atoms with E-state index in [-0.39, 0.29) is 17.5 Å². The predicted octanol–water partition coefficient (Wildman–Crippen LogP) is 1.79. The van der Waals surface area contributed by atoms with E-state index < -0.39 is 4.92 Å². The molecule has 1 aromatic carbocycles. The summed E-state index contributed by atoms with van der Waals surface area (Å²) in [5, 5.41) is 10.7. The van der Waals surface area contributed by atoms with E-state index in [2.05, 4.69) is 11.8 Å². The number of rotatable bonds is 3. The molecule has 0 bridgehead atoms. The van der Waals surface area contributed by atoms with Crippen LogP contribution in [0, 0.1) is 10.1 Å². The molecule has 104 valence electrons. The van der Waals surface area contributed by atoms with E-state index >= 15 is 0 Å². The first kappa shape index (κ1) is 13.8. The molecule has 1 aliphatic heterocycles. The summed E-state index contributed by atoms with van der Waals surface area (Å²) < 4.78 is 5.58. The van der Waals surface area contributed by atoms with E-state index in [0.717, 1.165) is 18.7 Å². The number of morpholine rings is 1. The maximum atomic E-state index is 10.7. The summed E-state index contributed by atoms with van der Waals surface area (Å²) in [5.41, 5.74) is 6.88. The fourth-order valence-corrected chi connectivity index (χ4v) is 2.30. The largest absolute Gasteiger partial charge is 0.393 e. The molecule has 0 aliphatic carbocycles. The van der Waals surface area contributed by atoms with Crippen LogP contribution in [0.2, 0.25) is 0 Å². The van der Waals surface area contributed by atoms with Gasteiger partial charge < -0.3 is 10.5 Å². The van der Waals surface area contributed by atoms with Gasteiger partial charge in [-0.3, -0.25) is 15.0 Å². The van der Waals surface area contributed by atoms with Crippen molar-refractivity contribution in [2.24, 2.45) is 0 Å². The highest BCUT2D eigenvalue weighted by Gasteiger charge is 2.23. The van der Waals surface area contributed by atoms with E-state index in [1.165, 1.54) is 6.07 Å². The molecule has 0 radical (unpaired) electrons. The van der Waals surface area contributed by atoms with Gasteiger partial charge in [-0.2, -0.15) is 0 Å². The van der Waals surface area contributed by atoms with Crippen LogP contribution in [0.15, 0.2) is 18.2 Å². The third-order valence-corrected chi connectivity index (χ3v) is 3.41. The molecule has 0 amide bonds. The number of hydrogen-bond acceptors (Lipinski definition) is 5. The van der Waals surface area contributed by atoms with Crippen LogP contribution < -0.4 is 5.73 Å². The van der Waals surface area contributed by atoms with Crippen LogP contribution in [0.5, 0.6) is 0 Å². The Bertz CT molecular complexity index is 478. The second-order valence-electron chi connectivity index (χ2n) is 5.07. The zero-order valence-corrected chi connectivity index (χ0v) is 11.2. The molecule has 6 nitrogen and oxygen atoms in total. The SMILES string of the molecule is CC1CN(Cc2ccc([N+](=O)[O-])c(N)c2)C(C)CO1. The van der Waals surface area contributed by atoms with Crippen molar-refractivity contribution in [3.8, 4) is 0 Å². The molecule has 1 fully saturated rings. The van der Waals surface area contributed by atoms with Crippen molar-refractivity contribution < 1.29 is 9.66 Å². The van der Waals surface area contributed by atoms with Crippen molar-refractivity contribution in [2.45, 2.75) is 32.5 Å². The number of nitrogens with zero attached hydrogens (tertiary/aromatic N) is 2. The summed E-state index contributed by atoms with van der Waals surface area (Å²) in [5.74, 6) is 0. The highest BCUT2D eigenvalue weighted by Crippen LogP contribution is 2.24. The first-order valence-corrected chi connectivity index (χ1v) is 6.36. The molecule has 2 atom stereocenters. The molecule has 1 heterocycles. The standard InChI is InChI=1S/C13H19N3O3/c1-9-8-19-10(2)6-15(9)7-11-3-4-13(16(17)18)12(14)5-11/h3-5,9-10H,6-8,14H2,1-2H3. The molecular weight excluding hydrogens is 246 g/mol. The topological polar surface area (TPSA) is 81.6 Å². The average Bonchev–Trinajstić information content (AvgIpc) is 2.33. The molecule has 1 saturated heterocycles. The number of nitrogen functional groups attached to an aromatic ring is 1. The van der Waals surface area contributed by atoms with Crippen molar-refractivity contribution in [1.29, 1.82) is 0 Å². The summed E-state index contributed by atoms with van der Waals surface area (Å²) in [6.45, 7) is 6.46. The van der Waals surface area contributed by atoms with E-state index in [1.807, 2.05) is 6.92 Å². The second kappa shape index (κ2) is 5.54. The summed E-state index contributed by atoms with van der Waals surface area (Å²) in [7, 11) is 0. The molecule has 6 heteroatoms. The minimum absolute atomic E-state index is 0.0351. The van der Waals surface area contributed by atoms with Gasteiger partial charge in [0.1, 0.15) is 5.69 Å². The Labute approximate surface area is 112 Å². The van der Waals surface area contributed by atoms with Crippen molar-refractivity contribution in [1.82, 2.24) is 4.90 Å². The highest BCUT2D eigenvalue weighted by molar-refractivity contribution is 5.59. The van der Waals surface area contributed by atoms with Gasteiger partial charge in [-0.05, 0) is 25.5 Å². The minimum Gasteiger partial charge on any atom is -0.393 e. The van der Waals surface area contributed by atoms with E-state index in [0.29, 0.717) is 12.6 Å². The molecule has 0 saturated carbocycles.